The van der Waals surface area contributed by atoms with Crippen LogP contribution in [0, 0.1) is 20.5 Å². The number of halogens is 2. The van der Waals surface area contributed by atoms with Gasteiger partial charge in [-0.05, 0) is 39.0 Å². The molecule has 1 heterocycles. The van der Waals surface area contributed by atoms with E-state index in [1.807, 2.05) is 0 Å². The van der Waals surface area contributed by atoms with E-state index in [0.717, 1.165) is 52.4 Å². The fourth-order valence-electron chi connectivity index (χ4n) is 1.53. The van der Waals surface area contributed by atoms with Crippen molar-refractivity contribution in [1.82, 2.24) is 21.3 Å². The van der Waals surface area contributed by atoms with Gasteiger partial charge in [-0.1, -0.05) is 0 Å². The number of hydrogen-bond acceptors (Lipinski definition) is 12. The Balaban J connectivity index is -0.000000368. The third-order valence-corrected chi connectivity index (χ3v) is 2.37. The first-order valence-electron chi connectivity index (χ1n) is 7.06. The van der Waals surface area contributed by atoms with Gasteiger partial charge in [0, 0.05) is 26.2 Å². The van der Waals surface area contributed by atoms with E-state index in [0.29, 0.717) is 0 Å². The molecule has 0 aromatic carbocycles. The Bertz CT molecular complexity index is 197. The second-order valence-corrected chi connectivity index (χ2v) is 5.97. The topological polar surface area (TPSA) is 233 Å². The molecule has 0 saturated carbocycles. The molecule has 15 heteroatoms. The Morgan fingerprint density at radius 3 is 0.720 bits per heavy atom. The molecule has 157 valence electrons. The molecule has 12 nitrogen and oxygen atoms in total. The normalized spacial score (nSPS) is 18.2. The quantitative estimate of drug-likeness (QED) is 0.246. The zero-order valence-corrected chi connectivity index (χ0v) is 15.8. The van der Waals surface area contributed by atoms with Gasteiger partial charge in [0.05, 0.1) is 0 Å². The summed E-state index contributed by atoms with van der Waals surface area (Å²) in [5.74, 6) is 0. The van der Waals surface area contributed by atoms with E-state index in [1.165, 1.54) is 12.8 Å². The summed E-state index contributed by atoms with van der Waals surface area (Å²) in [6.45, 7) is 8.87. The zero-order valence-electron chi connectivity index (χ0n) is 13.4. The summed E-state index contributed by atoms with van der Waals surface area (Å²) in [5.41, 5.74) is 0. The van der Waals surface area contributed by atoms with Crippen LogP contribution in [0.5, 0.6) is 0 Å². The maximum absolute atomic E-state index is 8.49. The average Bonchev–Trinajstić information content (AvgIpc) is 2.38. The summed E-state index contributed by atoms with van der Waals surface area (Å²) < 4.78 is 67.9. The van der Waals surface area contributed by atoms with Gasteiger partial charge in [0.25, 0.3) is 0 Å². The largest absolute Gasteiger partial charge is 2.00 e. The van der Waals surface area contributed by atoms with Gasteiger partial charge in [-0.25, -0.2) is 37.3 Å². The third-order valence-electron chi connectivity index (χ3n) is 2.37. The fourth-order valence-corrected chi connectivity index (χ4v) is 1.53. The molecule has 0 aromatic rings. The van der Waals surface area contributed by atoms with Crippen molar-refractivity contribution in [2.24, 2.45) is 0 Å². The molecule has 0 bridgehead atoms. The molecular weight excluding hydrogens is 439 g/mol. The summed E-state index contributed by atoms with van der Waals surface area (Å²) >= 11 is 0. The Hall–Kier alpha value is 0.619. The molecule has 4 N–H and O–H groups in total. The van der Waals surface area contributed by atoms with Crippen LogP contribution in [0.25, 0.3) is 0 Å². The van der Waals surface area contributed by atoms with Gasteiger partial charge in [-0.3, -0.25) is 0 Å². The Morgan fingerprint density at radius 2 is 0.560 bits per heavy atom. The predicted molar refractivity (Wildman–Crippen MR) is 60.7 cm³/mol. The van der Waals surface area contributed by atoms with Gasteiger partial charge in [0.15, 0.2) is 0 Å². The van der Waals surface area contributed by atoms with E-state index < -0.39 is 20.5 Å². The average molecular weight is 463 g/mol. The van der Waals surface area contributed by atoms with E-state index in [9.17, 15) is 0 Å². The maximum Gasteiger partial charge on any atom is 2.00 e. The Labute approximate surface area is 161 Å². The molecule has 0 aromatic heterocycles. The van der Waals surface area contributed by atoms with Crippen molar-refractivity contribution in [3.63, 3.8) is 0 Å². The standard InChI is InChI=1S/C10H24N4.2ClHO4.Cu/c1-3-11-7-9-13-5-2-6-14-10-8-12-4-1;2*2-1(3,4)5;/h11-14H,1-10H2;2*(H,2,3,4,5);/q;;;+2/p-2. The van der Waals surface area contributed by atoms with E-state index >= 15 is 0 Å². The molecule has 1 saturated heterocycles. The maximum atomic E-state index is 8.49. The molecule has 25 heavy (non-hydrogen) atoms. The third kappa shape index (κ3) is 58.9. The predicted octanol–water partition coefficient (Wildman–Crippen LogP) is -10.4. The summed E-state index contributed by atoms with van der Waals surface area (Å²) in [7, 11) is -9.89. The number of nitrogens with one attached hydrogen (secondary N) is 4. The van der Waals surface area contributed by atoms with Crippen LogP contribution in [0.15, 0.2) is 0 Å². The van der Waals surface area contributed by atoms with Crippen LogP contribution in [0.1, 0.15) is 12.8 Å². The van der Waals surface area contributed by atoms with Gasteiger partial charge in [-0.2, -0.15) is 0 Å². The van der Waals surface area contributed by atoms with Gasteiger partial charge in [-0.15, -0.1) is 20.5 Å². The van der Waals surface area contributed by atoms with Crippen LogP contribution in [-0.4, -0.2) is 52.4 Å². The van der Waals surface area contributed by atoms with Crippen molar-refractivity contribution in [2.75, 3.05) is 52.4 Å². The second-order valence-electron chi connectivity index (χ2n) is 4.46. The van der Waals surface area contributed by atoms with Crippen molar-refractivity contribution in [3.05, 3.63) is 0 Å². The van der Waals surface area contributed by atoms with Crippen LogP contribution in [0.3, 0.4) is 0 Å². The van der Waals surface area contributed by atoms with E-state index in [2.05, 4.69) is 21.3 Å². The minimum atomic E-state index is -4.94. The first-order valence-corrected chi connectivity index (χ1v) is 9.53. The molecule has 1 fully saturated rings. The van der Waals surface area contributed by atoms with Crippen LogP contribution < -0.4 is 58.5 Å². The summed E-state index contributed by atoms with van der Waals surface area (Å²) in [5, 5.41) is 13.7. The van der Waals surface area contributed by atoms with Crippen molar-refractivity contribution in [1.29, 1.82) is 0 Å². The number of rotatable bonds is 0. The van der Waals surface area contributed by atoms with Crippen molar-refractivity contribution in [2.45, 2.75) is 12.8 Å². The molecular formula is C10H24Cl2CuN4O8. The van der Waals surface area contributed by atoms with Gasteiger partial charge >= 0.3 is 17.1 Å². The van der Waals surface area contributed by atoms with Crippen LogP contribution in [-0.2, 0) is 17.1 Å². The molecule has 1 radical (unpaired) electrons. The van der Waals surface area contributed by atoms with E-state index in [-0.39, 0.29) is 17.1 Å². The van der Waals surface area contributed by atoms with E-state index in [4.69, 9.17) is 37.3 Å². The van der Waals surface area contributed by atoms with Crippen LogP contribution in [0.4, 0.5) is 0 Å². The molecule has 1 rings (SSSR count). The summed E-state index contributed by atoms with van der Waals surface area (Å²) in [6.07, 6.45) is 2.44. The van der Waals surface area contributed by atoms with Crippen LogP contribution in [0.2, 0.25) is 0 Å². The van der Waals surface area contributed by atoms with Crippen molar-refractivity contribution in [3.8, 4) is 0 Å². The zero-order chi connectivity index (χ0) is 18.9. The summed E-state index contributed by atoms with van der Waals surface area (Å²) in [4.78, 5) is 0. The first kappa shape index (κ1) is 30.4. The fraction of sp³-hybridized carbons (Fsp3) is 1.00. The van der Waals surface area contributed by atoms with Gasteiger partial charge in [0.1, 0.15) is 0 Å². The SMILES string of the molecule is C1CNCCNCCCNCCNC1.[Cu+2].[O-][Cl+3]([O-])([O-])[O-].[O-][Cl+3]([O-])([O-])[O-]. The molecule has 0 aliphatic carbocycles. The molecule has 0 spiro atoms. The Kier molecular flexibility index (Phi) is 23.5. The van der Waals surface area contributed by atoms with Crippen molar-refractivity contribution < 1.29 is 74.8 Å². The smallest absolute Gasteiger partial charge is 0.315 e. The minimum absolute atomic E-state index is 0. The number of hydrogen-bond donors (Lipinski definition) is 4. The molecule has 0 amide bonds. The Morgan fingerprint density at radius 1 is 0.400 bits per heavy atom. The van der Waals surface area contributed by atoms with Gasteiger partial charge < -0.3 is 21.3 Å². The molecule has 0 atom stereocenters. The van der Waals surface area contributed by atoms with E-state index in [1.54, 1.807) is 0 Å². The minimum Gasteiger partial charge on any atom is -0.315 e. The molecule has 0 unspecified atom stereocenters. The molecule has 1 aliphatic heterocycles. The van der Waals surface area contributed by atoms with Crippen molar-refractivity contribution >= 4 is 0 Å². The monoisotopic (exact) mass is 461 g/mol. The van der Waals surface area contributed by atoms with Gasteiger partial charge in [0.2, 0.25) is 0 Å². The summed E-state index contributed by atoms with van der Waals surface area (Å²) in [6, 6.07) is 0. The second kappa shape index (κ2) is 19.4. The molecule has 1 aliphatic rings. The first-order chi connectivity index (χ1) is 11.0. The van der Waals surface area contributed by atoms with Crippen LogP contribution >= 0.6 is 0 Å².